The summed E-state index contributed by atoms with van der Waals surface area (Å²) in [5, 5.41) is 9.84. The van der Waals surface area contributed by atoms with E-state index in [-0.39, 0.29) is 5.82 Å². The second kappa shape index (κ2) is 7.05. The molecule has 0 aliphatic heterocycles. The number of aromatic nitrogens is 4. The maximum atomic E-state index is 9.29. The van der Waals surface area contributed by atoms with Crippen LogP contribution in [0.15, 0.2) is 30.7 Å². The van der Waals surface area contributed by atoms with E-state index >= 15 is 0 Å². The fourth-order valence-corrected chi connectivity index (χ4v) is 4.02. The lowest BCUT2D eigenvalue weighted by Crippen LogP contribution is -2.17. The number of halogens is 1. The summed E-state index contributed by atoms with van der Waals surface area (Å²) in [4.78, 5) is 13.0. The number of rotatable bonds is 3. The highest BCUT2D eigenvalue weighted by Crippen LogP contribution is 2.32. The van der Waals surface area contributed by atoms with Gasteiger partial charge < -0.3 is 4.57 Å². The summed E-state index contributed by atoms with van der Waals surface area (Å²) in [6, 6.07) is 5.85. The second-order valence-corrected chi connectivity index (χ2v) is 7.66. The van der Waals surface area contributed by atoms with E-state index in [9.17, 15) is 5.26 Å². The van der Waals surface area contributed by atoms with Crippen LogP contribution in [0.5, 0.6) is 0 Å². The van der Waals surface area contributed by atoms with Gasteiger partial charge in [0.25, 0.3) is 0 Å². The molecule has 0 saturated heterocycles. The average molecular weight is 366 g/mol. The molecule has 0 amide bonds. The molecule has 3 heterocycles. The first-order valence-electron chi connectivity index (χ1n) is 9.02. The van der Waals surface area contributed by atoms with Crippen LogP contribution in [0.2, 0.25) is 5.02 Å². The lowest BCUT2D eigenvalue weighted by molar-refractivity contribution is 0.267. The van der Waals surface area contributed by atoms with E-state index in [0.717, 1.165) is 34.8 Å². The van der Waals surface area contributed by atoms with Crippen LogP contribution in [0.1, 0.15) is 38.4 Å². The highest BCUT2D eigenvalue weighted by atomic mass is 35.5. The van der Waals surface area contributed by atoms with E-state index in [2.05, 4.69) is 38.7 Å². The lowest BCUT2D eigenvalue weighted by Gasteiger charge is -2.26. The van der Waals surface area contributed by atoms with Gasteiger partial charge in [-0.1, -0.05) is 31.4 Å². The summed E-state index contributed by atoms with van der Waals surface area (Å²) in [7, 11) is 0. The monoisotopic (exact) mass is 365 g/mol. The van der Waals surface area contributed by atoms with E-state index < -0.39 is 0 Å². The predicted octanol–water partition coefficient (Wildman–Crippen LogP) is 4.84. The molecule has 0 bridgehead atoms. The third kappa shape index (κ3) is 3.30. The molecular formula is C20H20ClN5. The van der Waals surface area contributed by atoms with Crippen LogP contribution in [0.3, 0.4) is 0 Å². The molecule has 0 aromatic carbocycles. The number of pyridine rings is 1. The van der Waals surface area contributed by atoms with Gasteiger partial charge in [-0.15, -0.1) is 0 Å². The van der Waals surface area contributed by atoms with Crippen molar-refractivity contribution in [1.29, 1.82) is 5.26 Å². The van der Waals surface area contributed by atoms with E-state index in [1.807, 2.05) is 12.1 Å². The van der Waals surface area contributed by atoms with Gasteiger partial charge in [-0.05, 0) is 36.8 Å². The minimum Gasteiger partial charge on any atom is -0.344 e. The number of fused-ring (bicyclic) bond motifs is 1. The first-order valence-corrected chi connectivity index (χ1v) is 9.39. The first kappa shape index (κ1) is 17.0. The van der Waals surface area contributed by atoms with Crippen LogP contribution in [0, 0.1) is 23.2 Å². The normalized spacial score (nSPS) is 20.2. The second-order valence-electron chi connectivity index (χ2n) is 7.23. The minimum atomic E-state index is 0.164. The van der Waals surface area contributed by atoms with Crippen molar-refractivity contribution in [2.45, 2.75) is 39.2 Å². The molecule has 0 spiro atoms. The van der Waals surface area contributed by atoms with Crippen molar-refractivity contribution in [2.75, 3.05) is 0 Å². The number of hydrogen-bond acceptors (Lipinski definition) is 4. The van der Waals surface area contributed by atoms with Crippen LogP contribution in [-0.4, -0.2) is 19.5 Å². The Morgan fingerprint density at radius 3 is 2.77 bits per heavy atom. The molecule has 0 atom stereocenters. The molecule has 0 unspecified atom stereocenters. The third-order valence-electron chi connectivity index (χ3n) is 5.28. The van der Waals surface area contributed by atoms with Crippen molar-refractivity contribution >= 4 is 22.6 Å². The SMILES string of the molecule is C[C@H]1CC[C@H](Cn2ccc3nc(C#N)nc(-c4cncc(Cl)c4)c32)CC1. The van der Waals surface area contributed by atoms with Gasteiger partial charge in [0.15, 0.2) is 0 Å². The van der Waals surface area contributed by atoms with E-state index in [4.69, 9.17) is 11.6 Å². The maximum Gasteiger partial charge on any atom is 0.233 e. The Morgan fingerprint density at radius 2 is 2.04 bits per heavy atom. The summed E-state index contributed by atoms with van der Waals surface area (Å²) in [6.45, 7) is 3.29. The van der Waals surface area contributed by atoms with Crippen LogP contribution in [-0.2, 0) is 6.54 Å². The molecule has 3 aromatic rings. The molecule has 1 fully saturated rings. The topological polar surface area (TPSA) is 67.4 Å². The average Bonchev–Trinajstić information content (AvgIpc) is 3.05. The Hall–Kier alpha value is -2.45. The molecule has 5 nitrogen and oxygen atoms in total. The van der Waals surface area contributed by atoms with Crippen molar-refractivity contribution in [3.05, 3.63) is 41.6 Å². The number of nitriles is 1. The number of nitrogens with zero attached hydrogens (tertiary/aromatic N) is 5. The zero-order valence-corrected chi connectivity index (χ0v) is 15.4. The molecule has 132 valence electrons. The molecule has 0 radical (unpaired) electrons. The van der Waals surface area contributed by atoms with E-state index in [1.54, 1.807) is 12.4 Å². The van der Waals surface area contributed by atoms with Gasteiger partial charge in [-0.2, -0.15) is 5.26 Å². The van der Waals surface area contributed by atoms with Gasteiger partial charge in [0.2, 0.25) is 5.82 Å². The Morgan fingerprint density at radius 1 is 1.23 bits per heavy atom. The molecule has 4 rings (SSSR count). The van der Waals surface area contributed by atoms with Crippen LogP contribution in [0.25, 0.3) is 22.3 Å². The van der Waals surface area contributed by atoms with Gasteiger partial charge in [0.05, 0.1) is 16.1 Å². The van der Waals surface area contributed by atoms with Gasteiger partial charge in [0, 0.05) is 30.7 Å². The standard InChI is InChI=1S/C20H20ClN5/c1-13-2-4-14(5-3-13)12-26-7-6-17-20(26)19(25-18(9-22)24-17)15-8-16(21)11-23-10-15/h6-8,10-11,13-14H,2-5,12H2,1H3/t13-,14-. The van der Waals surface area contributed by atoms with Crippen molar-refractivity contribution in [2.24, 2.45) is 11.8 Å². The minimum absolute atomic E-state index is 0.164. The van der Waals surface area contributed by atoms with Crippen molar-refractivity contribution in [3.63, 3.8) is 0 Å². The van der Waals surface area contributed by atoms with Crippen molar-refractivity contribution in [3.8, 4) is 17.3 Å². The van der Waals surface area contributed by atoms with E-state index in [1.165, 1.54) is 25.7 Å². The predicted molar refractivity (Wildman–Crippen MR) is 102 cm³/mol. The highest BCUT2D eigenvalue weighted by molar-refractivity contribution is 6.30. The summed E-state index contributed by atoms with van der Waals surface area (Å²) < 4.78 is 2.23. The fraction of sp³-hybridized carbons (Fsp3) is 0.400. The van der Waals surface area contributed by atoms with Gasteiger partial charge >= 0.3 is 0 Å². The lowest BCUT2D eigenvalue weighted by atomic mass is 9.83. The largest absolute Gasteiger partial charge is 0.344 e. The highest BCUT2D eigenvalue weighted by Gasteiger charge is 2.21. The zero-order valence-electron chi connectivity index (χ0n) is 14.7. The quantitative estimate of drug-likeness (QED) is 0.665. The molecule has 26 heavy (non-hydrogen) atoms. The molecule has 1 aliphatic carbocycles. The summed E-state index contributed by atoms with van der Waals surface area (Å²) in [5.41, 5.74) is 3.26. The summed E-state index contributed by atoms with van der Waals surface area (Å²) in [5.74, 6) is 1.67. The smallest absolute Gasteiger partial charge is 0.233 e. The molecule has 6 heteroatoms. The Balaban J connectivity index is 1.79. The Bertz CT molecular complexity index is 980. The Labute approximate surface area is 157 Å². The summed E-state index contributed by atoms with van der Waals surface area (Å²) >= 11 is 6.12. The molecule has 0 N–H and O–H groups in total. The first-order chi connectivity index (χ1) is 12.6. The molecular weight excluding hydrogens is 346 g/mol. The third-order valence-corrected chi connectivity index (χ3v) is 5.49. The maximum absolute atomic E-state index is 9.29. The van der Waals surface area contributed by atoms with Crippen molar-refractivity contribution < 1.29 is 0 Å². The molecule has 1 saturated carbocycles. The van der Waals surface area contributed by atoms with Gasteiger partial charge in [-0.25, -0.2) is 9.97 Å². The zero-order chi connectivity index (χ0) is 18.1. The van der Waals surface area contributed by atoms with Gasteiger partial charge in [-0.3, -0.25) is 4.98 Å². The van der Waals surface area contributed by atoms with E-state index in [0.29, 0.717) is 10.9 Å². The molecule has 3 aromatic heterocycles. The molecule has 1 aliphatic rings. The van der Waals surface area contributed by atoms with Crippen LogP contribution < -0.4 is 0 Å². The summed E-state index contributed by atoms with van der Waals surface area (Å²) in [6.07, 6.45) is 10.5. The van der Waals surface area contributed by atoms with Crippen LogP contribution >= 0.6 is 11.6 Å². The fourth-order valence-electron chi connectivity index (χ4n) is 3.84. The van der Waals surface area contributed by atoms with Crippen LogP contribution in [0.4, 0.5) is 0 Å². The van der Waals surface area contributed by atoms with Crippen molar-refractivity contribution in [1.82, 2.24) is 19.5 Å². The Kier molecular flexibility index (Phi) is 4.60. The number of hydrogen-bond donors (Lipinski definition) is 0. The van der Waals surface area contributed by atoms with Gasteiger partial charge in [0.1, 0.15) is 11.8 Å².